The van der Waals surface area contributed by atoms with Crippen LogP contribution in [0.4, 0.5) is 8.78 Å². The lowest BCUT2D eigenvalue weighted by Crippen LogP contribution is -2.43. The molecule has 0 aromatic carbocycles. The molecule has 2 aliphatic rings. The minimum Gasteiger partial charge on any atom is -0.390 e. The minimum absolute atomic E-state index is 0.0218. The summed E-state index contributed by atoms with van der Waals surface area (Å²) in [5.74, 6) is -2.56. The van der Waals surface area contributed by atoms with Gasteiger partial charge in [0.1, 0.15) is 0 Å². The van der Waals surface area contributed by atoms with E-state index in [1.165, 1.54) is 0 Å². The lowest BCUT2D eigenvalue weighted by Gasteiger charge is -2.35. The lowest BCUT2D eigenvalue weighted by atomic mass is 9.86. The summed E-state index contributed by atoms with van der Waals surface area (Å²) in [4.78, 5) is 0. The largest absolute Gasteiger partial charge is 0.390 e. The first-order valence-corrected chi connectivity index (χ1v) is 7.17. The standard InChI is InChI=1S/C14H24F2O2/c1-2-18-13(6-3-4-7-13)12(17)9-11-5-8-14(15,16)10-11/h11-12,17H,2-10H2,1H3. The highest BCUT2D eigenvalue weighted by Crippen LogP contribution is 2.44. The Labute approximate surface area is 108 Å². The van der Waals surface area contributed by atoms with Crippen LogP contribution in [0.25, 0.3) is 0 Å². The molecule has 2 unspecified atom stereocenters. The minimum atomic E-state index is -2.52. The van der Waals surface area contributed by atoms with Crippen molar-refractivity contribution in [2.45, 2.75) is 75.9 Å². The third-order valence-electron chi connectivity index (χ3n) is 4.55. The zero-order valence-corrected chi connectivity index (χ0v) is 11.1. The van der Waals surface area contributed by atoms with E-state index in [0.29, 0.717) is 19.4 Å². The van der Waals surface area contributed by atoms with Crippen molar-refractivity contribution in [1.29, 1.82) is 0 Å². The molecule has 1 N–H and O–H groups in total. The molecule has 2 aliphatic carbocycles. The summed E-state index contributed by atoms with van der Waals surface area (Å²) >= 11 is 0. The molecule has 18 heavy (non-hydrogen) atoms. The molecule has 0 bridgehead atoms. The maximum Gasteiger partial charge on any atom is 0.248 e. The Balaban J connectivity index is 1.92. The van der Waals surface area contributed by atoms with Crippen molar-refractivity contribution in [3.05, 3.63) is 0 Å². The van der Waals surface area contributed by atoms with Crippen LogP contribution < -0.4 is 0 Å². The second-order valence-corrected chi connectivity index (χ2v) is 5.92. The molecule has 0 heterocycles. The number of halogens is 2. The lowest BCUT2D eigenvalue weighted by molar-refractivity contribution is -0.123. The molecule has 0 radical (unpaired) electrons. The van der Waals surface area contributed by atoms with Crippen molar-refractivity contribution in [1.82, 2.24) is 0 Å². The van der Waals surface area contributed by atoms with Crippen molar-refractivity contribution in [3.8, 4) is 0 Å². The smallest absolute Gasteiger partial charge is 0.248 e. The van der Waals surface area contributed by atoms with Crippen LogP contribution in [0, 0.1) is 5.92 Å². The number of aliphatic hydroxyl groups is 1. The van der Waals surface area contributed by atoms with Crippen LogP contribution in [0.3, 0.4) is 0 Å². The molecular formula is C14H24F2O2. The van der Waals surface area contributed by atoms with Crippen LogP contribution in [-0.4, -0.2) is 29.3 Å². The Morgan fingerprint density at radius 3 is 2.44 bits per heavy atom. The third-order valence-corrected chi connectivity index (χ3v) is 4.55. The quantitative estimate of drug-likeness (QED) is 0.821. The van der Waals surface area contributed by atoms with Gasteiger partial charge in [-0.25, -0.2) is 8.78 Å². The van der Waals surface area contributed by atoms with Gasteiger partial charge in [-0.2, -0.15) is 0 Å². The van der Waals surface area contributed by atoms with Gasteiger partial charge >= 0.3 is 0 Å². The maximum absolute atomic E-state index is 13.2. The zero-order chi connectivity index (χ0) is 13.2. The second kappa shape index (κ2) is 5.41. The van der Waals surface area contributed by atoms with E-state index < -0.39 is 17.6 Å². The van der Waals surface area contributed by atoms with Gasteiger partial charge in [0.25, 0.3) is 0 Å². The van der Waals surface area contributed by atoms with Gasteiger partial charge in [-0.1, -0.05) is 12.8 Å². The number of rotatable bonds is 5. The fourth-order valence-corrected chi connectivity index (χ4v) is 3.61. The Hall–Kier alpha value is -0.220. The summed E-state index contributed by atoms with van der Waals surface area (Å²) in [6, 6.07) is 0. The fraction of sp³-hybridized carbons (Fsp3) is 1.00. The summed E-state index contributed by atoms with van der Waals surface area (Å²) in [5.41, 5.74) is -0.452. The van der Waals surface area contributed by atoms with Crippen LogP contribution in [0.2, 0.25) is 0 Å². The van der Waals surface area contributed by atoms with Crippen molar-refractivity contribution < 1.29 is 18.6 Å². The molecule has 2 rings (SSSR count). The van der Waals surface area contributed by atoms with Gasteiger partial charge in [-0.05, 0) is 38.5 Å². The van der Waals surface area contributed by atoms with Crippen molar-refractivity contribution >= 4 is 0 Å². The van der Waals surface area contributed by atoms with Gasteiger partial charge in [-0.3, -0.25) is 0 Å². The van der Waals surface area contributed by atoms with Crippen molar-refractivity contribution in [2.24, 2.45) is 5.92 Å². The molecule has 0 aromatic heterocycles. The molecule has 0 aliphatic heterocycles. The van der Waals surface area contributed by atoms with E-state index in [-0.39, 0.29) is 18.8 Å². The maximum atomic E-state index is 13.2. The first kappa shape index (κ1) is 14.2. The molecule has 2 saturated carbocycles. The highest BCUT2D eigenvalue weighted by Gasteiger charge is 2.45. The van der Waals surface area contributed by atoms with Gasteiger partial charge in [0.15, 0.2) is 0 Å². The Morgan fingerprint density at radius 2 is 1.94 bits per heavy atom. The Morgan fingerprint density at radius 1 is 1.28 bits per heavy atom. The topological polar surface area (TPSA) is 29.5 Å². The average Bonchev–Trinajstić information content (AvgIpc) is 2.87. The Bertz CT molecular complexity index is 275. The average molecular weight is 262 g/mol. The zero-order valence-electron chi connectivity index (χ0n) is 11.1. The van der Waals surface area contributed by atoms with E-state index in [1.54, 1.807) is 0 Å². The molecule has 4 heteroatoms. The number of aliphatic hydroxyl groups excluding tert-OH is 1. The van der Waals surface area contributed by atoms with Crippen LogP contribution in [-0.2, 0) is 4.74 Å². The highest BCUT2D eigenvalue weighted by atomic mass is 19.3. The number of hydrogen-bond donors (Lipinski definition) is 1. The van der Waals surface area contributed by atoms with Crippen molar-refractivity contribution in [3.63, 3.8) is 0 Å². The molecule has 106 valence electrons. The van der Waals surface area contributed by atoms with Gasteiger partial charge in [0, 0.05) is 19.4 Å². The van der Waals surface area contributed by atoms with Gasteiger partial charge in [-0.15, -0.1) is 0 Å². The number of ether oxygens (including phenoxy) is 1. The fourth-order valence-electron chi connectivity index (χ4n) is 3.61. The van der Waals surface area contributed by atoms with E-state index in [1.807, 2.05) is 6.92 Å². The molecule has 2 nitrogen and oxygen atoms in total. The molecule has 2 atom stereocenters. The van der Waals surface area contributed by atoms with Gasteiger partial charge in [0.2, 0.25) is 5.92 Å². The molecule has 2 fully saturated rings. The Kier molecular flexibility index (Phi) is 4.27. The summed E-state index contributed by atoms with van der Waals surface area (Å²) < 4.78 is 32.1. The number of alkyl halides is 2. The number of hydrogen-bond acceptors (Lipinski definition) is 2. The first-order chi connectivity index (χ1) is 8.47. The highest BCUT2D eigenvalue weighted by molar-refractivity contribution is 4.95. The van der Waals surface area contributed by atoms with Crippen LogP contribution in [0.1, 0.15) is 58.3 Å². The molecule has 0 aromatic rings. The predicted molar refractivity (Wildman–Crippen MR) is 65.7 cm³/mol. The van der Waals surface area contributed by atoms with E-state index in [0.717, 1.165) is 25.7 Å². The summed E-state index contributed by atoms with van der Waals surface area (Å²) in [6.07, 6.45) is 4.20. The van der Waals surface area contributed by atoms with Crippen LogP contribution >= 0.6 is 0 Å². The molecule has 0 spiro atoms. The van der Waals surface area contributed by atoms with Gasteiger partial charge in [0.05, 0.1) is 11.7 Å². The third kappa shape index (κ3) is 3.02. The van der Waals surface area contributed by atoms with E-state index in [9.17, 15) is 13.9 Å². The summed E-state index contributed by atoms with van der Waals surface area (Å²) in [7, 11) is 0. The first-order valence-electron chi connectivity index (χ1n) is 7.17. The van der Waals surface area contributed by atoms with Crippen LogP contribution in [0.15, 0.2) is 0 Å². The normalized spacial score (nSPS) is 31.7. The summed E-state index contributed by atoms with van der Waals surface area (Å²) in [6.45, 7) is 2.51. The van der Waals surface area contributed by atoms with Crippen molar-refractivity contribution in [2.75, 3.05) is 6.61 Å². The molecule has 0 saturated heterocycles. The molecule has 0 amide bonds. The van der Waals surface area contributed by atoms with Gasteiger partial charge < -0.3 is 9.84 Å². The van der Waals surface area contributed by atoms with E-state index in [4.69, 9.17) is 4.74 Å². The van der Waals surface area contributed by atoms with Crippen LogP contribution in [0.5, 0.6) is 0 Å². The molecular weight excluding hydrogens is 238 g/mol. The summed E-state index contributed by atoms with van der Waals surface area (Å²) in [5, 5.41) is 10.4. The predicted octanol–water partition coefficient (Wildman–Crippen LogP) is 3.52. The van der Waals surface area contributed by atoms with E-state index in [2.05, 4.69) is 0 Å². The van der Waals surface area contributed by atoms with E-state index >= 15 is 0 Å². The SMILES string of the molecule is CCOC1(C(O)CC2CCC(F)(F)C2)CCCC1. The second-order valence-electron chi connectivity index (χ2n) is 5.92. The monoisotopic (exact) mass is 262 g/mol.